The highest BCUT2D eigenvalue weighted by atomic mass is 16.2. The van der Waals surface area contributed by atoms with Crippen molar-refractivity contribution in [3.05, 3.63) is 29.3 Å². The molecule has 0 radical (unpaired) electrons. The van der Waals surface area contributed by atoms with Gasteiger partial charge in [-0.05, 0) is 50.6 Å². The van der Waals surface area contributed by atoms with Gasteiger partial charge in [-0.2, -0.15) is 0 Å². The van der Waals surface area contributed by atoms with Gasteiger partial charge in [0.15, 0.2) is 0 Å². The van der Waals surface area contributed by atoms with Crippen molar-refractivity contribution >= 4 is 17.5 Å². The molecule has 0 saturated carbocycles. The van der Waals surface area contributed by atoms with Crippen molar-refractivity contribution in [3.8, 4) is 0 Å². The van der Waals surface area contributed by atoms with E-state index in [1.807, 2.05) is 37.9 Å². The molecule has 1 aliphatic rings. The highest BCUT2D eigenvalue weighted by Crippen LogP contribution is 2.20. The minimum atomic E-state index is -0.102. The van der Waals surface area contributed by atoms with E-state index >= 15 is 0 Å². The molecular formula is C17H25N3O2. The van der Waals surface area contributed by atoms with Gasteiger partial charge in [0, 0.05) is 36.8 Å². The Balaban J connectivity index is 2.06. The minimum absolute atomic E-state index is 0.0175. The molecule has 2 amide bonds. The van der Waals surface area contributed by atoms with Gasteiger partial charge in [-0.15, -0.1) is 0 Å². The smallest absolute Gasteiger partial charge is 0.253 e. The standard InChI is InChI=1S/C17H25N3O2/c1-12-10-14(17(22)20-8-4-5-9-20)6-7-15(12)19-16(21)13(2)11-18-3/h6-7,10,13,18H,4-5,8-9,11H2,1-3H3,(H,19,21). The number of aryl methyl sites for hydroxylation is 1. The van der Waals surface area contributed by atoms with Gasteiger partial charge in [0.25, 0.3) is 5.91 Å². The van der Waals surface area contributed by atoms with Crippen LogP contribution in [0.15, 0.2) is 18.2 Å². The summed E-state index contributed by atoms with van der Waals surface area (Å²) in [5.74, 6) is -0.0339. The number of rotatable bonds is 5. The van der Waals surface area contributed by atoms with Crippen LogP contribution in [0.1, 0.15) is 35.7 Å². The van der Waals surface area contributed by atoms with Crippen LogP contribution >= 0.6 is 0 Å². The summed E-state index contributed by atoms with van der Waals surface area (Å²) in [4.78, 5) is 26.3. The highest BCUT2D eigenvalue weighted by Gasteiger charge is 2.20. The molecule has 120 valence electrons. The van der Waals surface area contributed by atoms with Crippen molar-refractivity contribution in [3.63, 3.8) is 0 Å². The van der Waals surface area contributed by atoms with Gasteiger partial charge in [-0.3, -0.25) is 9.59 Å². The molecule has 1 heterocycles. The molecule has 22 heavy (non-hydrogen) atoms. The van der Waals surface area contributed by atoms with Crippen LogP contribution < -0.4 is 10.6 Å². The summed E-state index contributed by atoms with van der Waals surface area (Å²) in [5, 5.41) is 5.92. The lowest BCUT2D eigenvalue weighted by Gasteiger charge is -2.17. The number of carbonyl (C=O) groups is 2. The fraction of sp³-hybridized carbons (Fsp3) is 0.529. The molecular weight excluding hydrogens is 278 g/mol. The molecule has 2 rings (SSSR count). The Hall–Kier alpha value is -1.88. The third kappa shape index (κ3) is 3.85. The topological polar surface area (TPSA) is 61.4 Å². The molecule has 0 aromatic heterocycles. The summed E-state index contributed by atoms with van der Waals surface area (Å²) < 4.78 is 0. The number of amides is 2. The zero-order valence-corrected chi connectivity index (χ0v) is 13.6. The first-order valence-corrected chi connectivity index (χ1v) is 7.88. The fourth-order valence-corrected chi connectivity index (χ4v) is 2.69. The van der Waals surface area contributed by atoms with Gasteiger partial charge in [0.05, 0.1) is 0 Å². The monoisotopic (exact) mass is 303 g/mol. The lowest BCUT2D eigenvalue weighted by atomic mass is 10.1. The average Bonchev–Trinajstić information content (AvgIpc) is 3.03. The minimum Gasteiger partial charge on any atom is -0.339 e. The molecule has 1 saturated heterocycles. The second-order valence-corrected chi connectivity index (χ2v) is 5.98. The summed E-state index contributed by atoms with van der Waals surface area (Å²) >= 11 is 0. The van der Waals surface area contributed by atoms with E-state index in [0.717, 1.165) is 37.2 Å². The summed E-state index contributed by atoms with van der Waals surface area (Å²) in [5.41, 5.74) is 2.38. The maximum absolute atomic E-state index is 12.4. The van der Waals surface area contributed by atoms with Crippen LogP contribution in [0.3, 0.4) is 0 Å². The van der Waals surface area contributed by atoms with Gasteiger partial charge >= 0.3 is 0 Å². The number of hydrogen-bond donors (Lipinski definition) is 2. The van der Waals surface area contributed by atoms with Gasteiger partial charge in [-0.1, -0.05) is 6.92 Å². The molecule has 2 N–H and O–H groups in total. The van der Waals surface area contributed by atoms with Crippen LogP contribution in [0, 0.1) is 12.8 Å². The highest BCUT2D eigenvalue weighted by molar-refractivity contribution is 5.97. The number of anilines is 1. The van der Waals surface area contributed by atoms with Crippen LogP contribution in [0.25, 0.3) is 0 Å². The Kier molecular flexibility index (Phi) is 5.55. The van der Waals surface area contributed by atoms with E-state index in [1.165, 1.54) is 0 Å². The fourth-order valence-electron chi connectivity index (χ4n) is 2.69. The zero-order valence-electron chi connectivity index (χ0n) is 13.6. The first-order valence-electron chi connectivity index (χ1n) is 7.88. The van der Waals surface area contributed by atoms with Crippen molar-refractivity contribution in [1.82, 2.24) is 10.2 Å². The summed E-state index contributed by atoms with van der Waals surface area (Å²) in [7, 11) is 1.83. The Labute approximate surface area is 132 Å². The van der Waals surface area contributed by atoms with Crippen LogP contribution in [0.2, 0.25) is 0 Å². The number of nitrogens with zero attached hydrogens (tertiary/aromatic N) is 1. The molecule has 5 heteroatoms. The third-order valence-electron chi connectivity index (χ3n) is 4.08. The molecule has 1 aliphatic heterocycles. The van der Waals surface area contributed by atoms with Crippen molar-refractivity contribution in [2.24, 2.45) is 5.92 Å². The average molecular weight is 303 g/mol. The Morgan fingerprint density at radius 3 is 2.55 bits per heavy atom. The Morgan fingerprint density at radius 1 is 1.27 bits per heavy atom. The molecule has 0 aliphatic carbocycles. The maximum atomic E-state index is 12.4. The molecule has 0 spiro atoms. The van der Waals surface area contributed by atoms with E-state index < -0.39 is 0 Å². The number of hydrogen-bond acceptors (Lipinski definition) is 3. The first kappa shape index (κ1) is 16.5. The summed E-state index contributed by atoms with van der Waals surface area (Å²) in [6.07, 6.45) is 2.17. The maximum Gasteiger partial charge on any atom is 0.253 e. The van der Waals surface area contributed by atoms with Gasteiger partial charge in [-0.25, -0.2) is 0 Å². The quantitative estimate of drug-likeness (QED) is 0.875. The SMILES string of the molecule is CNCC(C)C(=O)Nc1ccc(C(=O)N2CCCC2)cc1C. The van der Waals surface area contributed by atoms with Gasteiger partial charge in [0.2, 0.25) is 5.91 Å². The molecule has 1 aromatic carbocycles. The second-order valence-electron chi connectivity index (χ2n) is 5.98. The third-order valence-corrected chi connectivity index (χ3v) is 4.08. The van der Waals surface area contributed by atoms with Gasteiger partial charge in [0.1, 0.15) is 0 Å². The largest absolute Gasteiger partial charge is 0.339 e. The number of nitrogens with one attached hydrogen (secondary N) is 2. The number of carbonyl (C=O) groups excluding carboxylic acids is 2. The normalized spacial score (nSPS) is 15.7. The Morgan fingerprint density at radius 2 is 1.95 bits per heavy atom. The molecule has 1 aromatic rings. The van der Waals surface area contributed by atoms with E-state index in [4.69, 9.17) is 0 Å². The van der Waals surface area contributed by atoms with Gasteiger partial charge < -0.3 is 15.5 Å². The van der Waals surface area contributed by atoms with Crippen LogP contribution in [0.4, 0.5) is 5.69 Å². The predicted molar refractivity (Wildman–Crippen MR) is 88.0 cm³/mol. The van der Waals surface area contributed by atoms with Crippen LogP contribution in [0.5, 0.6) is 0 Å². The number of benzene rings is 1. The molecule has 1 atom stereocenters. The predicted octanol–water partition coefficient (Wildman–Crippen LogP) is 2.03. The van der Waals surface area contributed by atoms with Crippen molar-refractivity contribution in [2.75, 3.05) is 32.0 Å². The van der Waals surface area contributed by atoms with Crippen LogP contribution in [-0.2, 0) is 4.79 Å². The van der Waals surface area contributed by atoms with Crippen molar-refractivity contribution < 1.29 is 9.59 Å². The molecule has 1 fully saturated rings. The van der Waals surface area contributed by atoms with E-state index in [1.54, 1.807) is 6.07 Å². The Bertz CT molecular complexity index is 551. The van der Waals surface area contributed by atoms with Crippen LogP contribution in [-0.4, -0.2) is 43.4 Å². The summed E-state index contributed by atoms with van der Waals surface area (Å²) in [6, 6.07) is 5.48. The number of likely N-dealkylation sites (tertiary alicyclic amines) is 1. The second kappa shape index (κ2) is 7.40. The molecule has 0 bridgehead atoms. The molecule has 1 unspecified atom stereocenters. The van der Waals surface area contributed by atoms with Crippen molar-refractivity contribution in [2.45, 2.75) is 26.7 Å². The van der Waals surface area contributed by atoms with Crippen molar-refractivity contribution in [1.29, 1.82) is 0 Å². The first-order chi connectivity index (χ1) is 10.5. The van der Waals surface area contributed by atoms with E-state index in [9.17, 15) is 9.59 Å². The van der Waals surface area contributed by atoms with E-state index in [0.29, 0.717) is 12.1 Å². The molecule has 5 nitrogen and oxygen atoms in total. The lowest BCUT2D eigenvalue weighted by molar-refractivity contribution is -0.119. The van der Waals surface area contributed by atoms with E-state index in [-0.39, 0.29) is 17.7 Å². The zero-order chi connectivity index (χ0) is 16.1. The summed E-state index contributed by atoms with van der Waals surface area (Å²) in [6.45, 7) is 6.12. The lowest BCUT2D eigenvalue weighted by Crippen LogP contribution is -2.29. The van der Waals surface area contributed by atoms with E-state index in [2.05, 4.69) is 10.6 Å².